The third-order valence-electron chi connectivity index (χ3n) is 7.01. The Labute approximate surface area is 198 Å². The molecule has 1 N–H and O–H groups in total. The zero-order valence-corrected chi connectivity index (χ0v) is 20.4. The van der Waals surface area contributed by atoms with Crippen molar-refractivity contribution in [1.82, 2.24) is 0 Å². The quantitative estimate of drug-likeness (QED) is 0.488. The topological polar surface area (TPSA) is 55.4 Å². The van der Waals surface area contributed by atoms with Crippen LogP contribution in [0.25, 0.3) is 0 Å². The Morgan fingerprint density at radius 3 is 2.33 bits per heavy atom. The van der Waals surface area contributed by atoms with Crippen molar-refractivity contribution in [2.45, 2.75) is 84.2 Å². The standard InChI is InChI=1S/C29H37NO3/c1-20-12-14-23(15-13-20)25(22-9-5-6-10-22)26(31)30-24-11-7-8-21(18-24)19-29(16-17-29)27(32)33-28(2,3)4/h7-8,11-15,18,22,25H,5-6,9-10,16-17,19H2,1-4H3,(H,30,31)/t25-/m0/s1. The number of carbonyl (C=O) groups excluding carboxylic acids is 2. The van der Waals surface area contributed by atoms with Gasteiger partial charge in [-0.25, -0.2) is 0 Å². The largest absolute Gasteiger partial charge is 0.460 e. The summed E-state index contributed by atoms with van der Waals surface area (Å²) in [6.45, 7) is 7.80. The van der Waals surface area contributed by atoms with Gasteiger partial charge in [-0.3, -0.25) is 9.59 Å². The average molecular weight is 448 g/mol. The van der Waals surface area contributed by atoms with Gasteiger partial charge in [0.1, 0.15) is 5.60 Å². The van der Waals surface area contributed by atoms with Gasteiger partial charge in [0.15, 0.2) is 0 Å². The van der Waals surface area contributed by atoms with E-state index in [0.717, 1.165) is 42.5 Å². The van der Waals surface area contributed by atoms with Gasteiger partial charge in [0.05, 0.1) is 11.3 Å². The lowest BCUT2D eigenvalue weighted by Gasteiger charge is -2.24. The van der Waals surface area contributed by atoms with E-state index in [1.165, 1.54) is 18.4 Å². The third kappa shape index (κ3) is 5.85. The van der Waals surface area contributed by atoms with Crippen LogP contribution in [-0.4, -0.2) is 17.5 Å². The van der Waals surface area contributed by atoms with E-state index < -0.39 is 11.0 Å². The number of benzene rings is 2. The predicted molar refractivity (Wildman–Crippen MR) is 132 cm³/mol. The molecule has 2 aromatic carbocycles. The minimum atomic E-state index is -0.478. The Morgan fingerprint density at radius 2 is 1.73 bits per heavy atom. The summed E-state index contributed by atoms with van der Waals surface area (Å²) in [7, 11) is 0. The molecule has 0 unspecified atom stereocenters. The van der Waals surface area contributed by atoms with Crippen LogP contribution in [0.2, 0.25) is 0 Å². The lowest BCUT2D eigenvalue weighted by Crippen LogP contribution is -2.30. The smallest absolute Gasteiger partial charge is 0.312 e. The average Bonchev–Trinajstić information content (AvgIpc) is 3.33. The number of rotatable bonds is 7. The van der Waals surface area contributed by atoms with Crippen LogP contribution in [-0.2, 0) is 20.7 Å². The second kappa shape index (κ2) is 9.32. The van der Waals surface area contributed by atoms with Crippen LogP contribution in [0.4, 0.5) is 5.69 Å². The van der Waals surface area contributed by atoms with Gasteiger partial charge in [-0.05, 0) is 89.0 Å². The maximum absolute atomic E-state index is 13.5. The van der Waals surface area contributed by atoms with Crippen molar-refractivity contribution in [3.05, 3.63) is 65.2 Å². The van der Waals surface area contributed by atoms with Gasteiger partial charge in [-0.2, -0.15) is 0 Å². The molecule has 176 valence electrons. The number of amides is 1. The Balaban J connectivity index is 1.48. The molecule has 0 radical (unpaired) electrons. The van der Waals surface area contributed by atoms with E-state index in [9.17, 15) is 9.59 Å². The van der Waals surface area contributed by atoms with E-state index in [1.807, 2.05) is 45.0 Å². The van der Waals surface area contributed by atoms with Crippen LogP contribution in [0.15, 0.2) is 48.5 Å². The monoisotopic (exact) mass is 447 g/mol. The van der Waals surface area contributed by atoms with E-state index in [1.54, 1.807) is 0 Å². The van der Waals surface area contributed by atoms with Crippen LogP contribution in [0.3, 0.4) is 0 Å². The molecular weight excluding hydrogens is 410 g/mol. The van der Waals surface area contributed by atoms with Gasteiger partial charge in [-0.15, -0.1) is 0 Å². The summed E-state index contributed by atoms with van der Waals surface area (Å²) in [5.74, 6) is 0.215. The van der Waals surface area contributed by atoms with E-state index in [4.69, 9.17) is 4.74 Å². The number of esters is 1. The molecule has 2 fully saturated rings. The minimum absolute atomic E-state index is 0.0659. The third-order valence-corrected chi connectivity index (χ3v) is 7.01. The van der Waals surface area contributed by atoms with Crippen molar-refractivity contribution in [2.24, 2.45) is 11.3 Å². The van der Waals surface area contributed by atoms with Gasteiger partial charge < -0.3 is 10.1 Å². The van der Waals surface area contributed by atoms with Gasteiger partial charge in [0, 0.05) is 5.69 Å². The lowest BCUT2D eigenvalue weighted by molar-refractivity contribution is -0.161. The molecule has 2 saturated carbocycles. The summed E-state index contributed by atoms with van der Waals surface area (Å²) in [6.07, 6.45) is 6.96. The first-order valence-corrected chi connectivity index (χ1v) is 12.4. The molecule has 2 aliphatic rings. The summed E-state index contributed by atoms with van der Waals surface area (Å²) in [6, 6.07) is 16.4. The fourth-order valence-electron chi connectivity index (χ4n) is 5.06. The van der Waals surface area contributed by atoms with Crippen LogP contribution in [0.1, 0.15) is 81.9 Å². The molecule has 4 heteroatoms. The molecule has 0 saturated heterocycles. The van der Waals surface area contributed by atoms with Gasteiger partial charge in [0.25, 0.3) is 0 Å². The van der Waals surface area contributed by atoms with E-state index in [2.05, 4.69) is 36.5 Å². The second-order valence-electron chi connectivity index (χ2n) is 11.1. The van der Waals surface area contributed by atoms with Crippen LogP contribution >= 0.6 is 0 Å². The van der Waals surface area contributed by atoms with E-state index in [-0.39, 0.29) is 17.8 Å². The maximum atomic E-state index is 13.5. The lowest BCUT2D eigenvalue weighted by atomic mass is 9.83. The van der Waals surface area contributed by atoms with Crippen molar-refractivity contribution in [1.29, 1.82) is 0 Å². The highest BCUT2D eigenvalue weighted by Crippen LogP contribution is 2.50. The molecule has 0 heterocycles. The maximum Gasteiger partial charge on any atom is 0.312 e. The molecule has 0 spiro atoms. The number of hydrogen-bond acceptors (Lipinski definition) is 3. The van der Waals surface area contributed by atoms with Gasteiger partial charge >= 0.3 is 5.97 Å². The van der Waals surface area contributed by atoms with E-state index in [0.29, 0.717) is 12.3 Å². The van der Waals surface area contributed by atoms with Crippen molar-refractivity contribution in [3.63, 3.8) is 0 Å². The molecule has 1 atom stereocenters. The highest BCUT2D eigenvalue weighted by Gasteiger charge is 2.52. The number of aryl methyl sites for hydroxylation is 1. The Hall–Kier alpha value is -2.62. The highest BCUT2D eigenvalue weighted by molar-refractivity contribution is 5.96. The summed E-state index contributed by atoms with van der Waals surface area (Å²) in [5.41, 5.74) is 3.27. The molecule has 0 aromatic heterocycles. The summed E-state index contributed by atoms with van der Waals surface area (Å²) in [4.78, 5) is 26.2. The first-order valence-electron chi connectivity index (χ1n) is 12.4. The number of hydrogen-bond donors (Lipinski definition) is 1. The van der Waals surface area contributed by atoms with Gasteiger partial charge in [0.2, 0.25) is 5.91 Å². The zero-order valence-electron chi connectivity index (χ0n) is 20.4. The zero-order chi connectivity index (χ0) is 23.6. The molecule has 0 bridgehead atoms. The van der Waals surface area contributed by atoms with Crippen LogP contribution < -0.4 is 5.32 Å². The first kappa shape index (κ1) is 23.5. The second-order valence-corrected chi connectivity index (χ2v) is 11.1. The minimum Gasteiger partial charge on any atom is -0.460 e. The molecule has 4 rings (SSSR count). The molecule has 2 aliphatic carbocycles. The Bertz CT molecular complexity index is 992. The SMILES string of the molecule is Cc1ccc([C@@H](C(=O)Nc2cccc(CC3(C(=O)OC(C)(C)C)CC3)c2)C2CCCC2)cc1. The van der Waals surface area contributed by atoms with Crippen molar-refractivity contribution >= 4 is 17.6 Å². The van der Waals surface area contributed by atoms with Crippen LogP contribution in [0.5, 0.6) is 0 Å². The van der Waals surface area contributed by atoms with Gasteiger partial charge in [-0.1, -0.05) is 54.8 Å². The molecule has 33 heavy (non-hydrogen) atoms. The van der Waals surface area contributed by atoms with Crippen molar-refractivity contribution < 1.29 is 14.3 Å². The summed E-state index contributed by atoms with van der Waals surface area (Å²) < 4.78 is 5.67. The molecule has 1 amide bonds. The highest BCUT2D eigenvalue weighted by atomic mass is 16.6. The van der Waals surface area contributed by atoms with Crippen molar-refractivity contribution in [3.8, 4) is 0 Å². The number of anilines is 1. The predicted octanol–water partition coefficient (Wildman–Crippen LogP) is 6.57. The number of nitrogens with one attached hydrogen (secondary N) is 1. The molecule has 2 aromatic rings. The first-order chi connectivity index (χ1) is 15.7. The fraction of sp³-hybridized carbons (Fsp3) is 0.517. The van der Waals surface area contributed by atoms with Crippen LogP contribution in [0, 0.1) is 18.3 Å². The molecule has 4 nitrogen and oxygen atoms in total. The summed E-state index contributed by atoms with van der Waals surface area (Å²) >= 11 is 0. The van der Waals surface area contributed by atoms with Crippen molar-refractivity contribution in [2.75, 3.05) is 5.32 Å². The Kier molecular flexibility index (Phi) is 6.65. The van der Waals surface area contributed by atoms with E-state index >= 15 is 0 Å². The normalized spacial score (nSPS) is 18.5. The fourth-order valence-corrected chi connectivity index (χ4v) is 5.06. The molecular formula is C29H37NO3. The number of ether oxygens (including phenoxy) is 1. The molecule has 0 aliphatic heterocycles. The summed E-state index contributed by atoms with van der Waals surface area (Å²) in [5, 5.41) is 3.19. The Morgan fingerprint density at radius 1 is 1.06 bits per heavy atom. The number of carbonyl (C=O) groups is 2.